The van der Waals surface area contributed by atoms with E-state index in [-0.39, 0.29) is 13.2 Å². The Morgan fingerprint density at radius 1 is 1.53 bits per heavy atom. The lowest BCUT2D eigenvalue weighted by Gasteiger charge is -1.98. The molecule has 0 aliphatic rings. The van der Waals surface area contributed by atoms with Crippen molar-refractivity contribution in [2.24, 2.45) is 0 Å². The Bertz CT molecular complexity index is 504. The molecular formula is C8H10N4O3. The van der Waals surface area contributed by atoms with Crippen LogP contribution in [0.1, 0.15) is 5.56 Å². The molecule has 0 atom stereocenters. The van der Waals surface area contributed by atoms with Crippen molar-refractivity contribution < 1.29 is 9.84 Å². The Morgan fingerprint density at radius 3 is 3.20 bits per heavy atom. The molecule has 0 unspecified atom stereocenters. The van der Waals surface area contributed by atoms with E-state index in [4.69, 9.17) is 9.84 Å². The SMILES string of the molecule is O=c1ncnc2c(COCCO)c[nH]n12. The number of fused-ring (bicyclic) bond motifs is 1. The average Bonchev–Trinajstić information content (AvgIpc) is 2.64. The number of rotatable bonds is 4. The Labute approximate surface area is 84.3 Å². The summed E-state index contributed by atoms with van der Waals surface area (Å²) in [6.07, 6.45) is 2.84. The number of H-pyrrole nitrogens is 1. The second-order valence-corrected chi connectivity index (χ2v) is 2.89. The summed E-state index contributed by atoms with van der Waals surface area (Å²) in [5.41, 5.74) is 0.837. The second kappa shape index (κ2) is 4.20. The van der Waals surface area contributed by atoms with Gasteiger partial charge in [-0.25, -0.2) is 9.78 Å². The molecule has 2 heterocycles. The van der Waals surface area contributed by atoms with Crippen molar-refractivity contribution >= 4 is 5.65 Å². The predicted molar refractivity (Wildman–Crippen MR) is 50.3 cm³/mol. The summed E-state index contributed by atoms with van der Waals surface area (Å²) < 4.78 is 6.36. The van der Waals surface area contributed by atoms with E-state index in [2.05, 4.69) is 15.1 Å². The van der Waals surface area contributed by atoms with Gasteiger partial charge in [0.05, 0.1) is 19.8 Å². The summed E-state index contributed by atoms with van der Waals surface area (Å²) in [6.45, 7) is 0.522. The fourth-order valence-electron chi connectivity index (χ4n) is 1.24. The molecule has 7 heteroatoms. The minimum absolute atomic E-state index is 0.0305. The van der Waals surface area contributed by atoms with Crippen molar-refractivity contribution in [1.82, 2.24) is 19.6 Å². The number of aromatic nitrogens is 4. The number of hydrogen-bond acceptors (Lipinski definition) is 5. The van der Waals surface area contributed by atoms with Crippen molar-refractivity contribution in [2.75, 3.05) is 13.2 Å². The molecule has 7 nitrogen and oxygen atoms in total. The number of ether oxygens (including phenoxy) is 1. The molecule has 0 spiro atoms. The number of aliphatic hydroxyl groups excluding tert-OH is 1. The van der Waals surface area contributed by atoms with E-state index in [0.717, 1.165) is 5.56 Å². The van der Waals surface area contributed by atoms with Crippen molar-refractivity contribution in [3.05, 3.63) is 28.6 Å². The highest BCUT2D eigenvalue weighted by Gasteiger charge is 2.05. The smallest absolute Gasteiger partial charge is 0.369 e. The third-order valence-electron chi connectivity index (χ3n) is 1.90. The lowest BCUT2D eigenvalue weighted by Crippen LogP contribution is -2.17. The average molecular weight is 210 g/mol. The van der Waals surface area contributed by atoms with Gasteiger partial charge in [-0.2, -0.15) is 9.50 Å². The highest BCUT2D eigenvalue weighted by atomic mass is 16.5. The first-order chi connectivity index (χ1) is 7.33. The molecule has 0 saturated carbocycles. The third-order valence-corrected chi connectivity index (χ3v) is 1.90. The van der Waals surface area contributed by atoms with Crippen molar-refractivity contribution in [3.8, 4) is 0 Å². The van der Waals surface area contributed by atoms with Gasteiger partial charge in [0.25, 0.3) is 0 Å². The normalized spacial score (nSPS) is 11.0. The first kappa shape index (κ1) is 9.81. The molecule has 0 radical (unpaired) electrons. The van der Waals surface area contributed by atoms with Crippen LogP contribution >= 0.6 is 0 Å². The number of aliphatic hydroxyl groups is 1. The molecule has 0 aromatic carbocycles. The zero-order valence-electron chi connectivity index (χ0n) is 7.88. The van der Waals surface area contributed by atoms with Gasteiger partial charge in [-0.05, 0) is 0 Å². The first-order valence-corrected chi connectivity index (χ1v) is 4.41. The Hall–Kier alpha value is -1.73. The van der Waals surface area contributed by atoms with Crippen LogP contribution in [0, 0.1) is 0 Å². The van der Waals surface area contributed by atoms with Crippen LogP contribution in [0.4, 0.5) is 0 Å². The van der Waals surface area contributed by atoms with E-state index in [1.54, 1.807) is 6.20 Å². The van der Waals surface area contributed by atoms with Crippen LogP contribution in [0.25, 0.3) is 5.65 Å². The zero-order chi connectivity index (χ0) is 10.7. The number of aromatic amines is 1. The van der Waals surface area contributed by atoms with E-state index in [9.17, 15) is 4.79 Å². The van der Waals surface area contributed by atoms with Gasteiger partial charge in [0.1, 0.15) is 6.33 Å². The van der Waals surface area contributed by atoms with Gasteiger partial charge in [0.15, 0.2) is 5.65 Å². The fourth-order valence-corrected chi connectivity index (χ4v) is 1.24. The quantitative estimate of drug-likeness (QED) is 0.626. The summed E-state index contributed by atoms with van der Waals surface area (Å²) in [6, 6.07) is 0. The third kappa shape index (κ3) is 1.88. The minimum atomic E-state index is -0.409. The second-order valence-electron chi connectivity index (χ2n) is 2.89. The molecule has 2 aromatic rings. The molecular weight excluding hydrogens is 200 g/mol. The van der Waals surface area contributed by atoms with Gasteiger partial charge in [-0.15, -0.1) is 0 Å². The van der Waals surface area contributed by atoms with Crippen LogP contribution in [0.2, 0.25) is 0 Å². The van der Waals surface area contributed by atoms with Crippen molar-refractivity contribution in [3.63, 3.8) is 0 Å². The van der Waals surface area contributed by atoms with Gasteiger partial charge < -0.3 is 9.84 Å². The molecule has 0 aliphatic heterocycles. The predicted octanol–water partition coefficient (Wildman–Crippen LogP) is -1.07. The van der Waals surface area contributed by atoms with Gasteiger partial charge in [0.2, 0.25) is 0 Å². The number of nitrogens with one attached hydrogen (secondary N) is 1. The van der Waals surface area contributed by atoms with Crippen LogP contribution in [-0.2, 0) is 11.3 Å². The minimum Gasteiger partial charge on any atom is -0.394 e. The highest BCUT2D eigenvalue weighted by molar-refractivity contribution is 5.44. The summed E-state index contributed by atoms with van der Waals surface area (Å²) in [7, 11) is 0. The van der Waals surface area contributed by atoms with Crippen LogP contribution < -0.4 is 5.69 Å². The van der Waals surface area contributed by atoms with E-state index >= 15 is 0 Å². The molecule has 0 aliphatic carbocycles. The topological polar surface area (TPSA) is 92.5 Å². The summed E-state index contributed by atoms with van der Waals surface area (Å²) in [5.74, 6) is 0. The molecule has 2 aromatic heterocycles. The van der Waals surface area contributed by atoms with Crippen molar-refractivity contribution in [1.29, 1.82) is 0 Å². The number of nitrogens with zero attached hydrogens (tertiary/aromatic N) is 3. The molecule has 0 bridgehead atoms. The molecule has 0 saturated heterocycles. The Balaban J connectivity index is 2.29. The molecule has 80 valence electrons. The van der Waals surface area contributed by atoms with E-state index in [1.165, 1.54) is 10.8 Å². The summed E-state index contributed by atoms with van der Waals surface area (Å²) in [4.78, 5) is 18.7. The number of hydrogen-bond donors (Lipinski definition) is 2. The molecule has 15 heavy (non-hydrogen) atoms. The van der Waals surface area contributed by atoms with E-state index < -0.39 is 5.69 Å². The van der Waals surface area contributed by atoms with Gasteiger partial charge in [-0.1, -0.05) is 0 Å². The largest absolute Gasteiger partial charge is 0.394 e. The van der Waals surface area contributed by atoms with Gasteiger partial charge in [0, 0.05) is 11.8 Å². The van der Waals surface area contributed by atoms with Crippen LogP contribution in [-0.4, -0.2) is 37.9 Å². The Morgan fingerprint density at radius 2 is 2.40 bits per heavy atom. The van der Waals surface area contributed by atoms with Crippen LogP contribution in [0.5, 0.6) is 0 Å². The van der Waals surface area contributed by atoms with Crippen molar-refractivity contribution in [2.45, 2.75) is 6.61 Å². The van der Waals surface area contributed by atoms with Crippen LogP contribution in [0.15, 0.2) is 17.3 Å². The maximum absolute atomic E-state index is 11.2. The molecule has 2 rings (SSSR count). The lowest BCUT2D eigenvalue weighted by molar-refractivity contribution is 0.0820. The van der Waals surface area contributed by atoms with E-state index in [1.807, 2.05) is 0 Å². The molecule has 0 fully saturated rings. The monoisotopic (exact) mass is 210 g/mol. The first-order valence-electron chi connectivity index (χ1n) is 4.41. The molecule has 2 N–H and O–H groups in total. The maximum Gasteiger partial charge on any atom is 0.369 e. The van der Waals surface area contributed by atoms with E-state index in [0.29, 0.717) is 12.3 Å². The summed E-state index contributed by atoms with van der Waals surface area (Å²) in [5, 5.41) is 11.3. The lowest BCUT2D eigenvalue weighted by atomic mass is 10.4. The van der Waals surface area contributed by atoms with Gasteiger partial charge >= 0.3 is 5.69 Å². The highest BCUT2D eigenvalue weighted by Crippen LogP contribution is 2.05. The zero-order valence-corrected chi connectivity index (χ0v) is 7.88. The maximum atomic E-state index is 11.2. The Kier molecular flexibility index (Phi) is 2.75. The summed E-state index contributed by atoms with van der Waals surface area (Å²) >= 11 is 0. The fraction of sp³-hybridized carbons (Fsp3) is 0.375. The molecule has 0 amide bonds. The van der Waals surface area contributed by atoms with Crippen LogP contribution in [0.3, 0.4) is 0 Å². The standard InChI is InChI=1S/C8H10N4O3/c13-1-2-15-4-6-3-11-12-7(6)9-5-10-8(12)14/h3,5,11,13H,1-2,4H2. The van der Waals surface area contributed by atoms with Gasteiger partial charge in [-0.3, -0.25) is 5.10 Å².